The van der Waals surface area contributed by atoms with Crippen molar-refractivity contribution in [1.29, 1.82) is 0 Å². The van der Waals surface area contributed by atoms with Crippen LogP contribution in [0.15, 0.2) is 30.3 Å². The third kappa shape index (κ3) is 3.81. The molecule has 0 saturated carbocycles. The maximum Gasteiger partial charge on any atom is 0.0599 e. The number of likely N-dealkylation sites (tertiary alicyclic amines) is 1. The van der Waals surface area contributed by atoms with E-state index in [1.54, 1.807) is 0 Å². The molecule has 0 aliphatic carbocycles. The summed E-state index contributed by atoms with van der Waals surface area (Å²) in [5.41, 5.74) is 7.42. The molecule has 1 saturated heterocycles. The Morgan fingerprint density at radius 3 is 2.70 bits per heavy atom. The monoisotopic (exact) mass is 276 g/mol. The summed E-state index contributed by atoms with van der Waals surface area (Å²) in [4.78, 5) is 2.61. The van der Waals surface area contributed by atoms with Gasteiger partial charge in [-0.25, -0.2) is 0 Å². The van der Waals surface area contributed by atoms with E-state index in [0.29, 0.717) is 18.2 Å². The maximum absolute atomic E-state index is 6.00. The normalized spacial score (nSPS) is 25.6. The van der Waals surface area contributed by atoms with Crippen LogP contribution in [0.2, 0.25) is 0 Å². The molecule has 1 aromatic carbocycles. The summed E-state index contributed by atoms with van der Waals surface area (Å²) in [5.74, 6) is 0. The molecular formula is C17H28N2O. The molecule has 1 aliphatic rings. The predicted molar refractivity (Wildman–Crippen MR) is 83.8 cm³/mol. The van der Waals surface area contributed by atoms with Gasteiger partial charge in [0.05, 0.1) is 6.10 Å². The lowest BCUT2D eigenvalue weighted by Gasteiger charge is -2.43. The number of hydrogen-bond acceptors (Lipinski definition) is 3. The van der Waals surface area contributed by atoms with Crippen molar-refractivity contribution in [3.63, 3.8) is 0 Å². The van der Waals surface area contributed by atoms with Gasteiger partial charge in [0.1, 0.15) is 0 Å². The van der Waals surface area contributed by atoms with Gasteiger partial charge < -0.3 is 10.5 Å². The van der Waals surface area contributed by atoms with Crippen molar-refractivity contribution in [1.82, 2.24) is 4.90 Å². The van der Waals surface area contributed by atoms with Crippen LogP contribution in [0.4, 0.5) is 0 Å². The number of piperidine rings is 1. The maximum atomic E-state index is 6.00. The number of nitrogens with two attached hydrogens (primary N) is 1. The van der Waals surface area contributed by atoms with Crippen LogP contribution in [0.3, 0.4) is 0 Å². The van der Waals surface area contributed by atoms with Crippen molar-refractivity contribution in [2.24, 2.45) is 5.73 Å². The zero-order valence-electron chi connectivity index (χ0n) is 12.8. The second kappa shape index (κ2) is 7.77. The fraction of sp³-hybridized carbons (Fsp3) is 0.647. The summed E-state index contributed by atoms with van der Waals surface area (Å²) in [6.45, 7) is 4.11. The number of rotatable bonds is 6. The van der Waals surface area contributed by atoms with E-state index in [1.807, 2.05) is 7.11 Å². The van der Waals surface area contributed by atoms with E-state index >= 15 is 0 Å². The molecular weight excluding hydrogens is 248 g/mol. The number of methoxy groups -OCH3 is 1. The molecule has 0 bridgehead atoms. The largest absolute Gasteiger partial charge is 0.381 e. The second-order valence-corrected chi connectivity index (χ2v) is 5.76. The molecule has 1 fully saturated rings. The van der Waals surface area contributed by atoms with Crippen molar-refractivity contribution in [2.75, 3.05) is 20.2 Å². The molecule has 3 unspecified atom stereocenters. The third-order valence-electron chi connectivity index (χ3n) is 4.57. The van der Waals surface area contributed by atoms with Crippen LogP contribution in [-0.2, 0) is 11.2 Å². The Morgan fingerprint density at radius 1 is 1.35 bits per heavy atom. The van der Waals surface area contributed by atoms with Gasteiger partial charge in [-0.1, -0.05) is 37.3 Å². The SMILES string of the molecule is CCC(Cc1ccccc1)N1CCC(OC)CC1CN. The summed E-state index contributed by atoms with van der Waals surface area (Å²) < 4.78 is 5.52. The number of ether oxygens (including phenoxy) is 1. The lowest BCUT2D eigenvalue weighted by atomic mass is 9.93. The second-order valence-electron chi connectivity index (χ2n) is 5.76. The predicted octanol–water partition coefficient (Wildman–Crippen LogP) is 2.45. The summed E-state index contributed by atoms with van der Waals surface area (Å²) >= 11 is 0. The van der Waals surface area contributed by atoms with Crippen molar-refractivity contribution in [3.05, 3.63) is 35.9 Å². The number of benzene rings is 1. The lowest BCUT2D eigenvalue weighted by Crippen LogP contribution is -2.53. The van der Waals surface area contributed by atoms with Gasteiger partial charge in [0.15, 0.2) is 0 Å². The molecule has 112 valence electrons. The van der Waals surface area contributed by atoms with E-state index in [0.717, 1.165) is 32.4 Å². The van der Waals surface area contributed by atoms with Gasteiger partial charge in [0.25, 0.3) is 0 Å². The van der Waals surface area contributed by atoms with Crippen LogP contribution in [0, 0.1) is 0 Å². The van der Waals surface area contributed by atoms with Crippen LogP contribution < -0.4 is 5.73 Å². The van der Waals surface area contributed by atoms with Crippen LogP contribution in [-0.4, -0.2) is 43.3 Å². The highest BCUT2D eigenvalue weighted by Crippen LogP contribution is 2.24. The molecule has 3 nitrogen and oxygen atoms in total. The number of hydrogen-bond donors (Lipinski definition) is 1. The first-order chi connectivity index (χ1) is 9.78. The Morgan fingerprint density at radius 2 is 2.10 bits per heavy atom. The molecule has 1 aliphatic heterocycles. The van der Waals surface area contributed by atoms with E-state index < -0.39 is 0 Å². The minimum absolute atomic E-state index is 0.383. The van der Waals surface area contributed by atoms with E-state index in [-0.39, 0.29) is 0 Å². The van der Waals surface area contributed by atoms with Gasteiger partial charge in [0, 0.05) is 32.3 Å². The van der Waals surface area contributed by atoms with E-state index in [2.05, 4.69) is 42.2 Å². The third-order valence-corrected chi connectivity index (χ3v) is 4.57. The van der Waals surface area contributed by atoms with Gasteiger partial charge in [-0.05, 0) is 31.2 Å². The first kappa shape index (κ1) is 15.5. The van der Waals surface area contributed by atoms with Crippen molar-refractivity contribution < 1.29 is 4.74 Å². The minimum Gasteiger partial charge on any atom is -0.381 e. The van der Waals surface area contributed by atoms with Crippen molar-refractivity contribution in [2.45, 2.75) is 50.8 Å². The fourth-order valence-corrected chi connectivity index (χ4v) is 3.34. The Bertz CT molecular complexity index is 382. The van der Waals surface area contributed by atoms with E-state index in [4.69, 9.17) is 10.5 Å². The van der Waals surface area contributed by atoms with Gasteiger partial charge in [-0.15, -0.1) is 0 Å². The summed E-state index contributed by atoms with van der Waals surface area (Å²) in [5, 5.41) is 0. The topological polar surface area (TPSA) is 38.5 Å². The highest BCUT2D eigenvalue weighted by atomic mass is 16.5. The van der Waals surface area contributed by atoms with E-state index in [9.17, 15) is 0 Å². The Kier molecular flexibility index (Phi) is 6.02. The van der Waals surface area contributed by atoms with Gasteiger partial charge >= 0.3 is 0 Å². The molecule has 0 amide bonds. The Hall–Kier alpha value is -0.900. The van der Waals surface area contributed by atoms with Gasteiger partial charge in [-0.2, -0.15) is 0 Å². The first-order valence-corrected chi connectivity index (χ1v) is 7.81. The molecule has 20 heavy (non-hydrogen) atoms. The van der Waals surface area contributed by atoms with Gasteiger partial charge in [-0.3, -0.25) is 4.90 Å². The standard InChI is InChI=1S/C17H28N2O/c1-3-15(11-14-7-5-4-6-8-14)19-10-9-17(20-2)12-16(19)13-18/h4-8,15-17H,3,9-13,18H2,1-2H3. The average Bonchev–Trinajstić information content (AvgIpc) is 2.53. The zero-order valence-corrected chi connectivity index (χ0v) is 12.8. The minimum atomic E-state index is 0.383. The molecule has 2 N–H and O–H groups in total. The van der Waals surface area contributed by atoms with Crippen LogP contribution in [0.1, 0.15) is 31.7 Å². The summed E-state index contributed by atoms with van der Waals surface area (Å²) in [6.07, 6.45) is 4.86. The molecule has 1 aromatic rings. The molecule has 0 aromatic heterocycles. The van der Waals surface area contributed by atoms with Crippen LogP contribution in [0.5, 0.6) is 0 Å². The molecule has 1 heterocycles. The molecule has 2 rings (SSSR count). The number of nitrogens with zero attached hydrogens (tertiary/aromatic N) is 1. The smallest absolute Gasteiger partial charge is 0.0599 e. The fourth-order valence-electron chi connectivity index (χ4n) is 3.34. The van der Waals surface area contributed by atoms with Crippen molar-refractivity contribution >= 4 is 0 Å². The summed E-state index contributed by atoms with van der Waals surface area (Å²) in [6, 6.07) is 11.8. The molecule has 0 radical (unpaired) electrons. The molecule has 3 atom stereocenters. The van der Waals surface area contributed by atoms with Gasteiger partial charge in [0.2, 0.25) is 0 Å². The molecule has 0 spiro atoms. The Balaban J connectivity index is 2.02. The summed E-state index contributed by atoms with van der Waals surface area (Å²) in [7, 11) is 1.81. The van der Waals surface area contributed by atoms with Crippen LogP contribution >= 0.6 is 0 Å². The Labute approximate surface area is 123 Å². The van der Waals surface area contributed by atoms with E-state index in [1.165, 1.54) is 12.0 Å². The first-order valence-electron chi connectivity index (χ1n) is 7.81. The highest BCUT2D eigenvalue weighted by Gasteiger charge is 2.31. The average molecular weight is 276 g/mol. The van der Waals surface area contributed by atoms with Crippen molar-refractivity contribution in [3.8, 4) is 0 Å². The quantitative estimate of drug-likeness (QED) is 0.867. The highest BCUT2D eigenvalue weighted by molar-refractivity contribution is 5.16. The van der Waals surface area contributed by atoms with Crippen LogP contribution in [0.25, 0.3) is 0 Å². The molecule has 3 heteroatoms. The lowest BCUT2D eigenvalue weighted by molar-refractivity contribution is -0.00486. The zero-order chi connectivity index (χ0) is 14.4.